The van der Waals surface area contributed by atoms with Gasteiger partial charge in [-0.05, 0) is 71.3 Å². The molecule has 242 valence electrons. The van der Waals surface area contributed by atoms with Gasteiger partial charge in [0.25, 0.3) is 0 Å². The van der Waals surface area contributed by atoms with Crippen molar-refractivity contribution in [1.29, 1.82) is 0 Å². The molecule has 0 radical (unpaired) electrons. The van der Waals surface area contributed by atoms with Crippen molar-refractivity contribution in [3.8, 4) is 5.75 Å². The van der Waals surface area contributed by atoms with Crippen LogP contribution < -0.4 is 4.74 Å². The second-order valence-electron chi connectivity index (χ2n) is 10.6. The molecule has 1 aromatic carbocycles. The molecular formula is C33H58N2O7. The predicted molar refractivity (Wildman–Crippen MR) is 170 cm³/mol. The molecule has 2 aromatic rings. The van der Waals surface area contributed by atoms with Gasteiger partial charge >= 0.3 is 0 Å². The largest absolute Gasteiger partial charge is 0.493 e. The second kappa shape index (κ2) is 22.1. The summed E-state index contributed by atoms with van der Waals surface area (Å²) in [6, 6.07) is 7.37. The van der Waals surface area contributed by atoms with Gasteiger partial charge in [0.15, 0.2) is 6.29 Å². The summed E-state index contributed by atoms with van der Waals surface area (Å²) in [5.74, 6) is 0.911. The third-order valence-corrected chi connectivity index (χ3v) is 6.56. The second-order valence-corrected chi connectivity index (χ2v) is 10.6. The first-order valence-electron chi connectivity index (χ1n) is 15.3. The molecule has 1 aromatic heterocycles. The van der Waals surface area contributed by atoms with Gasteiger partial charge in [0, 0.05) is 45.9 Å². The van der Waals surface area contributed by atoms with Crippen molar-refractivity contribution in [3.63, 3.8) is 0 Å². The van der Waals surface area contributed by atoms with Crippen LogP contribution in [-0.4, -0.2) is 94.4 Å². The molecule has 4 rings (SSSR count). The summed E-state index contributed by atoms with van der Waals surface area (Å²) in [6.45, 7) is 19.1. The van der Waals surface area contributed by atoms with Crippen molar-refractivity contribution in [2.45, 2.75) is 98.4 Å². The van der Waals surface area contributed by atoms with E-state index in [0.717, 1.165) is 48.5 Å². The Kier molecular flexibility index (Phi) is 20.8. The van der Waals surface area contributed by atoms with Crippen molar-refractivity contribution in [2.24, 2.45) is 0 Å². The average molecular weight is 595 g/mol. The topological polar surface area (TPSA) is 90.7 Å². The number of methoxy groups -OCH3 is 2. The molecule has 2 aliphatic rings. The maximum Gasteiger partial charge on any atom is 0.209 e. The smallest absolute Gasteiger partial charge is 0.209 e. The highest BCUT2D eigenvalue weighted by molar-refractivity contribution is 5.84. The monoisotopic (exact) mass is 594 g/mol. The third-order valence-electron chi connectivity index (χ3n) is 6.56. The number of carbonyl (C=O) groups excluding carboxylic acids is 2. The molecule has 1 amide bonds. The van der Waals surface area contributed by atoms with E-state index in [1.807, 2.05) is 54.5 Å². The molecule has 1 aliphatic carbocycles. The minimum atomic E-state index is -0.418. The first-order chi connectivity index (χ1) is 20.1. The zero-order valence-corrected chi connectivity index (χ0v) is 28.1. The van der Waals surface area contributed by atoms with E-state index >= 15 is 0 Å². The Morgan fingerprint density at radius 1 is 1.10 bits per heavy atom. The maximum atomic E-state index is 10.2. The Balaban J connectivity index is 0.000000698. The average Bonchev–Trinajstić information content (AvgIpc) is 3.77. The number of aldehydes is 1. The Bertz CT molecular complexity index is 955. The molecule has 1 aliphatic heterocycles. The molecule has 9 nitrogen and oxygen atoms in total. The van der Waals surface area contributed by atoms with Crippen LogP contribution in [0.25, 0.3) is 11.0 Å². The van der Waals surface area contributed by atoms with E-state index in [4.69, 9.17) is 23.4 Å². The normalized spacial score (nSPS) is 16.8. The first-order valence-corrected chi connectivity index (χ1v) is 15.3. The molecule has 2 atom stereocenters. The molecule has 9 heteroatoms. The lowest BCUT2D eigenvalue weighted by Crippen LogP contribution is -2.42. The molecule has 0 spiro atoms. The van der Waals surface area contributed by atoms with E-state index in [9.17, 15) is 9.59 Å². The summed E-state index contributed by atoms with van der Waals surface area (Å²) < 4.78 is 26.6. The van der Waals surface area contributed by atoms with E-state index < -0.39 is 6.10 Å². The lowest BCUT2D eigenvalue weighted by atomic mass is 10.0. The number of morpholine rings is 1. The van der Waals surface area contributed by atoms with Crippen molar-refractivity contribution in [2.75, 3.05) is 54.2 Å². The van der Waals surface area contributed by atoms with Crippen LogP contribution in [0.2, 0.25) is 0 Å². The highest BCUT2D eigenvalue weighted by atomic mass is 16.5. The Hall–Kier alpha value is -2.46. The van der Waals surface area contributed by atoms with Gasteiger partial charge in [-0.25, -0.2) is 0 Å². The molecular weight excluding hydrogens is 536 g/mol. The number of amides is 1. The van der Waals surface area contributed by atoms with Crippen LogP contribution in [0.3, 0.4) is 0 Å². The number of hydrogen-bond acceptors (Lipinski definition) is 8. The summed E-state index contributed by atoms with van der Waals surface area (Å²) in [7, 11) is 5.62. The van der Waals surface area contributed by atoms with Gasteiger partial charge < -0.3 is 33.1 Å². The summed E-state index contributed by atoms with van der Waals surface area (Å²) in [4.78, 5) is 24.3. The first kappa shape index (κ1) is 39.5. The van der Waals surface area contributed by atoms with Gasteiger partial charge in [0.1, 0.15) is 17.4 Å². The molecule has 0 bridgehead atoms. The molecule has 2 heterocycles. The number of nitrogens with zero attached hydrogens (tertiary/aromatic N) is 2. The van der Waals surface area contributed by atoms with Crippen LogP contribution in [0, 0.1) is 0 Å². The van der Waals surface area contributed by atoms with E-state index in [-0.39, 0.29) is 5.60 Å². The third kappa shape index (κ3) is 15.1. The summed E-state index contributed by atoms with van der Waals surface area (Å²) in [5.41, 5.74) is 2.19. The Morgan fingerprint density at radius 2 is 1.74 bits per heavy atom. The number of carbonyl (C=O) groups is 2. The number of fused-ring (bicyclic) bond motifs is 1. The fraction of sp³-hybridized carbons (Fsp3) is 0.697. The Morgan fingerprint density at radius 3 is 2.26 bits per heavy atom. The maximum absolute atomic E-state index is 10.2. The lowest BCUT2D eigenvalue weighted by Gasteiger charge is -2.26. The van der Waals surface area contributed by atoms with Gasteiger partial charge in [-0.2, -0.15) is 0 Å². The lowest BCUT2D eigenvalue weighted by molar-refractivity contribution is -0.131. The SMILES string of the molecule is CC.CC.COC(C)(C)C.COCCCOc1cc(C(C)N(C)C2CC2)cc2occc12.O=CC1CN(C=O)CCO1. The highest BCUT2D eigenvalue weighted by Gasteiger charge is 2.30. The number of benzene rings is 1. The molecule has 2 fully saturated rings. The van der Waals surface area contributed by atoms with Crippen LogP contribution in [0.1, 0.15) is 86.3 Å². The number of rotatable bonds is 10. The van der Waals surface area contributed by atoms with E-state index in [2.05, 4.69) is 31.0 Å². The van der Waals surface area contributed by atoms with Crippen molar-refractivity contribution in [1.82, 2.24) is 9.80 Å². The van der Waals surface area contributed by atoms with Crippen LogP contribution in [0.4, 0.5) is 0 Å². The fourth-order valence-electron chi connectivity index (χ4n) is 3.71. The highest BCUT2D eigenvalue weighted by Crippen LogP contribution is 2.36. The predicted octanol–water partition coefficient (Wildman–Crippen LogP) is 6.53. The summed E-state index contributed by atoms with van der Waals surface area (Å²) in [5, 5.41) is 1.04. The summed E-state index contributed by atoms with van der Waals surface area (Å²) >= 11 is 0. The molecule has 2 unspecified atom stereocenters. The van der Waals surface area contributed by atoms with Crippen LogP contribution in [0.15, 0.2) is 28.9 Å². The minimum Gasteiger partial charge on any atom is -0.493 e. The van der Waals surface area contributed by atoms with Gasteiger partial charge in [0.2, 0.25) is 6.41 Å². The zero-order chi connectivity index (χ0) is 32.1. The van der Waals surface area contributed by atoms with Crippen molar-refractivity contribution >= 4 is 23.7 Å². The molecule has 1 saturated carbocycles. The van der Waals surface area contributed by atoms with Gasteiger partial charge in [-0.3, -0.25) is 9.69 Å². The van der Waals surface area contributed by atoms with Crippen molar-refractivity contribution in [3.05, 3.63) is 30.0 Å². The number of ether oxygens (including phenoxy) is 4. The van der Waals surface area contributed by atoms with Crippen LogP contribution in [-0.2, 0) is 23.8 Å². The Labute approximate surface area is 254 Å². The molecule has 42 heavy (non-hydrogen) atoms. The van der Waals surface area contributed by atoms with Crippen LogP contribution >= 0.6 is 0 Å². The summed E-state index contributed by atoms with van der Waals surface area (Å²) in [6.07, 6.45) is 6.27. The van der Waals surface area contributed by atoms with Gasteiger partial charge in [-0.15, -0.1) is 0 Å². The van der Waals surface area contributed by atoms with Gasteiger partial charge in [0.05, 0.1) is 37.0 Å². The fourth-order valence-corrected chi connectivity index (χ4v) is 3.71. The number of hydrogen-bond donors (Lipinski definition) is 0. The standard InChI is InChI=1S/C18H25NO3.C6H9NO3.C5H12O.2C2H6/c1-13(19(2)15-5-6-15)14-11-17(21-9-4-8-20-3)16-7-10-22-18(16)12-14;8-4-6-3-7(5-9)1-2-10-6;1-5(2,3)6-4;2*1-2/h7,10-13,15H,4-6,8-9H2,1-3H3;4-6H,1-3H2;1-4H3;2*1-2H3. The van der Waals surface area contributed by atoms with E-state index in [0.29, 0.717) is 32.3 Å². The van der Waals surface area contributed by atoms with Crippen molar-refractivity contribution < 1.29 is 33.0 Å². The van der Waals surface area contributed by atoms with E-state index in [1.54, 1.807) is 20.5 Å². The van der Waals surface area contributed by atoms with Gasteiger partial charge in [-0.1, -0.05) is 27.7 Å². The van der Waals surface area contributed by atoms with E-state index in [1.165, 1.54) is 23.3 Å². The quantitative estimate of drug-likeness (QED) is 0.227. The molecule has 1 saturated heterocycles. The zero-order valence-electron chi connectivity index (χ0n) is 28.1. The number of furan rings is 1. The minimum absolute atomic E-state index is 0.0417. The van der Waals surface area contributed by atoms with Crippen LogP contribution in [0.5, 0.6) is 5.75 Å². The molecule has 0 N–H and O–H groups in total.